The minimum Gasteiger partial charge on any atom is -0.308 e. The van der Waals surface area contributed by atoms with Gasteiger partial charge in [0.25, 0.3) is 5.91 Å². The molecule has 1 heterocycles. The molecule has 2 aromatic carbocycles. The van der Waals surface area contributed by atoms with E-state index in [1.54, 1.807) is 16.2 Å². The molecule has 25 heavy (non-hydrogen) atoms. The molecule has 0 saturated heterocycles. The van der Waals surface area contributed by atoms with Gasteiger partial charge in [0.2, 0.25) is 0 Å². The van der Waals surface area contributed by atoms with Gasteiger partial charge in [-0.25, -0.2) is 4.98 Å². The molecule has 1 amide bonds. The standard InChI is InChI=1S/C20H23N3OS/c1-14-8-10-16(11-9-14)19(24)23(13-12-22(3)4)20-21-18-15(2)6-5-7-17(18)25-20/h5-11H,12-13H2,1-4H3. The first-order chi connectivity index (χ1) is 12.0. The Hall–Kier alpha value is -2.24. The number of para-hydroxylation sites is 1. The van der Waals surface area contributed by atoms with Crippen LogP contribution in [-0.4, -0.2) is 43.0 Å². The normalized spacial score (nSPS) is 11.2. The zero-order valence-electron chi connectivity index (χ0n) is 15.1. The van der Waals surface area contributed by atoms with E-state index in [2.05, 4.69) is 24.0 Å². The van der Waals surface area contributed by atoms with Gasteiger partial charge in [-0.1, -0.05) is 41.2 Å². The summed E-state index contributed by atoms with van der Waals surface area (Å²) in [7, 11) is 4.02. The Morgan fingerprint density at radius 3 is 2.40 bits per heavy atom. The summed E-state index contributed by atoms with van der Waals surface area (Å²) in [6.07, 6.45) is 0. The first-order valence-corrected chi connectivity index (χ1v) is 9.17. The number of nitrogens with zero attached hydrogens (tertiary/aromatic N) is 3. The van der Waals surface area contributed by atoms with Crippen LogP contribution in [0, 0.1) is 13.8 Å². The van der Waals surface area contributed by atoms with Gasteiger partial charge in [-0.15, -0.1) is 0 Å². The molecule has 3 aromatic rings. The zero-order chi connectivity index (χ0) is 18.0. The summed E-state index contributed by atoms with van der Waals surface area (Å²) < 4.78 is 1.11. The summed E-state index contributed by atoms with van der Waals surface area (Å²) in [5, 5.41) is 0.761. The monoisotopic (exact) mass is 353 g/mol. The minimum absolute atomic E-state index is 0.00133. The molecule has 0 radical (unpaired) electrons. The van der Waals surface area contributed by atoms with Crippen LogP contribution in [-0.2, 0) is 0 Å². The molecular weight excluding hydrogens is 330 g/mol. The maximum atomic E-state index is 13.1. The van der Waals surface area contributed by atoms with Crippen molar-refractivity contribution in [3.8, 4) is 0 Å². The molecule has 0 aliphatic carbocycles. The molecule has 0 N–H and O–H groups in total. The van der Waals surface area contributed by atoms with Crippen molar-refractivity contribution in [1.82, 2.24) is 9.88 Å². The topological polar surface area (TPSA) is 36.4 Å². The summed E-state index contributed by atoms with van der Waals surface area (Å²) in [5.41, 5.74) is 3.96. The second kappa shape index (κ2) is 7.33. The maximum absolute atomic E-state index is 13.1. The summed E-state index contributed by atoms with van der Waals surface area (Å²) in [6.45, 7) is 5.47. The van der Waals surface area contributed by atoms with Crippen molar-refractivity contribution in [3.63, 3.8) is 0 Å². The van der Waals surface area contributed by atoms with Crippen LogP contribution >= 0.6 is 11.3 Å². The van der Waals surface area contributed by atoms with E-state index >= 15 is 0 Å². The highest BCUT2D eigenvalue weighted by Gasteiger charge is 2.21. The Morgan fingerprint density at radius 1 is 1.04 bits per heavy atom. The molecule has 0 aliphatic heterocycles. The third-order valence-corrected chi connectivity index (χ3v) is 5.20. The number of carbonyl (C=O) groups is 1. The zero-order valence-corrected chi connectivity index (χ0v) is 15.9. The van der Waals surface area contributed by atoms with Crippen LogP contribution in [0.25, 0.3) is 10.2 Å². The third-order valence-electron chi connectivity index (χ3n) is 4.15. The fourth-order valence-electron chi connectivity index (χ4n) is 2.63. The van der Waals surface area contributed by atoms with Gasteiger partial charge in [0.05, 0.1) is 10.2 Å². The number of benzene rings is 2. The number of aromatic nitrogens is 1. The van der Waals surface area contributed by atoms with Gasteiger partial charge in [-0.05, 0) is 51.7 Å². The van der Waals surface area contributed by atoms with E-state index < -0.39 is 0 Å². The number of thiazole rings is 1. The van der Waals surface area contributed by atoms with Gasteiger partial charge in [-0.2, -0.15) is 0 Å². The van der Waals surface area contributed by atoms with E-state index in [1.165, 1.54) is 0 Å². The highest BCUT2D eigenvalue weighted by Crippen LogP contribution is 2.31. The number of aryl methyl sites for hydroxylation is 2. The number of amides is 1. The molecule has 0 aliphatic rings. The summed E-state index contributed by atoms with van der Waals surface area (Å²) in [4.78, 5) is 21.7. The van der Waals surface area contributed by atoms with Crippen molar-refractivity contribution in [2.75, 3.05) is 32.1 Å². The Balaban J connectivity index is 1.99. The summed E-state index contributed by atoms with van der Waals surface area (Å²) >= 11 is 1.57. The van der Waals surface area contributed by atoms with Crippen molar-refractivity contribution in [3.05, 3.63) is 59.2 Å². The molecule has 1 aromatic heterocycles. The fourth-order valence-corrected chi connectivity index (χ4v) is 3.69. The number of hydrogen-bond acceptors (Lipinski definition) is 4. The van der Waals surface area contributed by atoms with Crippen molar-refractivity contribution in [2.24, 2.45) is 0 Å². The van der Waals surface area contributed by atoms with Gasteiger partial charge >= 0.3 is 0 Å². The Morgan fingerprint density at radius 2 is 1.76 bits per heavy atom. The SMILES string of the molecule is Cc1ccc(C(=O)N(CCN(C)C)c2nc3c(C)cccc3s2)cc1. The minimum atomic E-state index is -0.00133. The Labute approximate surface area is 152 Å². The van der Waals surface area contributed by atoms with Crippen molar-refractivity contribution >= 4 is 32.6 Å². The predicted octanol–water partition coefficient (Wildman–Crippen LogP) is 4.12. The van der Waals surface area contributed by atoms with Crippen molar-refractivity contribution in [2.45, 2.75) is 13.8 Å². The molecule has 0 unspecified atom stereocenters. The van der Waals surface area contributed by atoms with Crippen LogP contribution in [0.4, 0.5) is 5.13 Å². The van der Waals surface area contributed by atoms with Crippen LogP contribution in [0.15, 0.2) is 42.5 Å². The second-order valence-electron chi connectivity index (χ2n) is 6.54. The number of rotatable bonds is 5. The first-order valence-electron chi connectivity index (χ1n) is 8.35. The predicted molar refractivity (Wildman–Crippen MR) is 106 cm³/mol. The lowest BCUT2D eigenvalue weighted by molar-refractivity contribution is 0.0985. The Kier molecular flexibility index (Phi) is 5.16. The highest BCUT2D eigenvalue weighted by atomic mass is 32.1. The van der Waals surface area contributed by atoms with E-state index in [9.17, 15) is 4.79 Å². The third kappa shape index (κ3) is 3.89. The second-order valence-corrected chi connectivity index (χ2v) is 7.55. The molecule has 130 valence electrons. The largest absolute Gasteiger partial charge is 0.308 e. The molecular formula is C20H23N3OS. The lowest BCUT2D eigenvalue weighted by atomic mass is 10.1. The van der Waals surface area contributed by atoms with Gasteiger partial charge in [0, 0.05) is 18.7 Å². The van der Waals surface area contributed by atoms with Crippen LogP contribution in [0.1, 0.15) is 21.5 Å². The van der Waals surface area contributed by atoms with Gasteiger partial charge < -0.3 is 4.90 Å². The molecule has 0 spiro atoms. The smallest absolute Gasteiger partial charge is 0.260 e. The lowest BCUT2D eigenvalue weighted by Gasteiger charge is -2.22. The van der Waals surface area contributed by atoms with Crippen molar-refractivity contribution < 1.29 is 4.79 Å². The maximum Gasteiger partial charge on any atom is 0.260 e. The number of carbonyl (C=O) groups excluding carboxylic acids is 1. The van der Waals surface area contributed by atoms with Crippen LogP contribution in [0.3, 0.4) is 0 Å². The molecule has 0 atom stereocenters. The molecule has 0 bridgehead atoms. The first kappa shape index (κ1) is 17.6. The van der Waals surface area contributed by atoms with Crippen molar-refractivity contribution in [1.29, 1.82) is 0 Å². The molecule has 4 nitrogen and oxygen atoms in total. The van der Waals surface area contributed by atoms with Gasteiger partial charge in [-0.3, -0.25) is 9.69 Å². The highest BCUT2D eigenvalue weighted by molar-refractivity contribution is 7.22. The van der Waals surface area contributed by atoms with E-state index in [0.717, 1.165) is 33.0 Å². The average molecular weight is 353 g/mol. The molecule has 5 heteroatoms. The van der Waals surface area contributed by atoms with E-state index in [0.29, 0.717) is 12.1 Å². The summed E-state index contributed by atoms with van der Waals surface area (Å²) in [6, 6.07) is 13.9. The molecule has 0 saturated carbocycles. The number of likely N-dealkylation sites (N-methyl/N-ethyl adjacent to an activating group) is 1. The number of anilines is 1. The lowest BCUT2D eigenvalue weighted by Crippen LogP contribution is -2.36. The number of fused-ring (bicyclic) bond motifs is 1. The van der Waals surface area contributed by atoms with Crippen LogP contribution in [0.5, 0.6) is 0 Å². The van der Waals surface area contributed by atoms with E-state index in [1.807, 2.05) is 51.4 Å². The molecule has 0 fully saturated rings. The quantitative estimate of drug-likeness (QED) is 0.692. The van der Waals surface area contributed by atoms with Crippen LogP contribution < -0.4 is 4.90 Å². The molecule has 3 rings (SSSR count). The van der Waals surface area contributed by atoms with E-state index in [4.69, 9.17) is 4.98 Å². The average Bonchev–Trinajstić information content (AvgIpc) is 3.00. The van der Waals surface area contributed by atoms with E-state index in [-0.39, 0.29) is 5.91 Å². The summed E-state index contributed by atoms with van der Waals surface area (Å²) in [5.74, 6) is -0.00133. The number of hydrogen-bond donors (Lipinski definition) is 0. The Bertz CT molecular complexity index is 884. The van der Waals surface area contributed by atoms with Crippen LogP contribution in [0.2, 0.25) is 0 Å². The fraction of sp³-hybridized carbons (Fsp3) is 0.300. The van der Waals surface area contributed by atoms with Gasteiger partial charge in [0.15, 0.2) is 5.13 Å². The van der Waals surface area contributed by atoms with Gasteiger partial charge in [0.1, 0.15) is 0 Å².